The molecule has 4 nitrogen and oxygen atoms in total. The Balaban J connectivity index is 2.63. The molecule has 0 fully saturated rings. The largest absolute Gasteiger partial charge is 0.324 e. The van der Waals surface area contributed by atoms with Crippen LogP contribution >= 0.6 is 0 Å². The summed E-state index contributed by atoms with van der Waals surface area (Å²) in [5.74, 6) is -0.209. The molecule has 1 aromatic carbocycles. The fourth-order valence-corrected chi connectivity index (χ4v) is 1.86. The van der Waals surface area contributed by atoms with Gasteiger partial charge in [0.15, 0.2) is 5.82 Å². The highest BCUT2D eigenvalue weighted by Crippen LogP contribution is 2.25. The number of rotatable bonds is 3. The normalized spacial score (nSPS) is 11.2. The first-order valence-electron chi connectivity index (χ1n) is 5.64. The van der Waals surface area contributed by atoms with Gasteiger partial charge in [0.2, 0.25) is 0 Å². The van der Waals surface area contributed by atoms with Crippen molar-refractivity contribution in [3.05, 3.63) is 35.7 Å². The second-order valence-corrected chi connectivity index (χ2v) is 4.23. The minimum Gasteiger partial charge on any atom is -0.324 e. The van der Waals surface area contributed by atoms with Crippen LogP contribution < -0.4 is 5.73 Å². The topological polar surface area (TPSA) is 56.7 Å². The Morgan fingerprint density at radius 2 is 2.00 bits per heavy atom. The lowest BCUT2D eigenvalue weighted by Gasteiger charge is -2.13. The average Bonchev–Trinajstić information content (AvgIpc) is 2.75. The van der Waals surface area contributed by atoms with Crippen LogP contribution in [0.15, 0.2) is 18.2 Å². The molecule has 1 heterocycles. The molecule has 96 valence electrons. The molecule has 2 rings (SSSR count). The Hall–Kier alpha value is -1.82. The molecular weight excluding hydrogens is 238 g/mol. The van der Waals surface area contributed by atoms with E-state index in [9.17, 15) is 8.78 Å². The van der Waals surface area contributed by atoms with Crippen molar-refractivity contribution in [1.82, 2.24) is 14.8 Å². The standard InChI is InChI=1S/C12H14F2N4/c1-7(2)18-11(6-15)16-17-12(18)9-5-8(13)3-4-10(9)14/h3-5,7H,6,15H2,1-2H3. The van der Waals surface area contributed by atoms with Crippen molar-refractivity contribution < 1.29 is 8.78 Å². The van der Waals surface area contributed by atoms with Crippen LogP contribution in [0, 0.1) is 11.6 Å². The maximum atomic E-state index is 13.7. The molecule has 0 saturated carbocycles. The van der Waals surface area contributed by atoms with Gasteiger partial charge in [0.05, 0.1) is 12.1 Å². The first kappa shape index (κ1) is 12.6. The van der Waals surface area contributed by atoms with Gasteiger partial charge in [0.25, 0.3) is 0 Å². The Kier molecular flexibility index (Phi) is 3.38. The molecule has 1 aromatic heterocycles. The third-order valence-electron chi connectivity index (χ3n) is 2.63. The molecule has 0 bridgehead atoms. The molecule has 18 heavy (non-hydrogen) atoms. The van der Waals surface area contributed by atoms with Crippen molar-refractivity contribution in [3.63, 3.8) is 0 Å². The molecule has 0 aliphatic carbocycles. The van der Waals surface area contributed by atoms with Crippen molar-refractivity contribution in [2.75, 3.05) is 0 Å². The first-order valence-corrected chi connectivity index (χ1v) is 5.64. The third kappa shape index (κ3) is 2.11. The summed E-state index contributed by atoms with van der Waals surface area (Å²) in [5.41, 5.74) is 5.65. The van der Waals surface area contributed by atoms with Gasteiger partial charge in [-0.05, 0) is 32.0 Å². The summed E-state index contributed by atoms with van der Waals surface area (Å²) < 4.78 is 28.6. The van der Waals surface area contributed by atoms with Gasteiger partial charge in [0, 0.05) is 6.04 Å². The molecule has 0 spiro atoms. The van der Waals surface area contributed by atoms with Gasteiger partial charge < -0.3 is 10.3 Å². The molecule has 0 saturated heterocycles. The molecule has 6 heteroatoms. The van der Waals surface area contributed by atoms with Crippen LogP contribution in [0.2, 0.25) is 0 Å². The van der Waals surface area contributed by atoms with Crippen LogP contribution in [-0.4, -0.2) is 14.8 Å². The summed E-state index contributed by atoms with van der Waals surface area (Å²) >= 11 is 0. The van der Waals surface area contributed by atoms with E-state index in [0.29, 0.717) is 11.6 Å². The van der Waals surface area contributed by atoms with Gasteiger partial charge in [-0.25, -0.2) is 8.78 Å². The highest BCUT2D eigenvalue weighted by Gasteiger charge is 2.18. The fraction of sp³-hybridized carbons (Fsp3) is 0.333. The van der Waals surface area contributed by atoms with E-state index in [4.69, 9.17) is 5.73 Å². The number of nitrogens with two attached hydrogens (primary N) is 1. The van der Waals surface area contributed by atoms with E-state index >= 15 is 0 Å². The zero-order chi connectivity index (χ0) is 13.3. The van der Waals surface area contributed by atoms with E-state index in [2.05, 4.69) is 10.2 Å². The average molecular weight is 252 g/mol. The molecule has 0 amide bonds. The summed E-state index contributed by atoms with van der Waals surface area (Å²) in [7, 11) is 0. The molecule has 0 unspecified atom stereocenters. The molecule has 2 aromatic rings. The fourth-order valence-electron chi connectivity index (χ4n) is 1.86. The number of hydrogen-bond acceptors (Lipinski definition) is 3. The molecular formula is C12H14F2N4. The number of aromatic nitrogens is 3. The lowest BCUT2D eigenvalue weighted by Crippen LogP contribution is -2.12. The van der Waals surface area contributed by atoms with E-state index in [-0.39, 0.29) is 18.2 Å². The van der Waals surface area contributed by atoms with Gasteiger partial charge in [-0.2, -0.15) is 0 Å². The zero-order valence-electron chi connectivity index (χ0n) is 10.2. The van der Waals surface area contributed by atoms with Crippen molar-refractivity contribution in [1.29, 1.82) is 0 Å². The van der Waals surface area contributed by atoms with Gasteiger partial charge in [-0.1, -0.05) is 0 Å². The highest BCUT2D eigenvalue weighted by atomic mass is 19.1. The summed E-state index contributed by atoms with van der Waals surface area (Å²) in [4.78, 5) is 0. The van der Waals surface area contributed by atoms with Crippen molar-refractivity contribution >= 4 is 0 Å². The van der Waals surface area contributed by atoms with Gasteiger partial charge in [-0.3, -0.25) is 0 Å². The van der Waals surface area contributed by atoms with Crippen LogP contribution in [0.1, 0.15) is 25.7 Å². The molecule has 0 aliphatic rings. The summed E-state index contributed by atoms with van der Waals surface area (Å²) in [6.45, 7) is 4.01. The van der Waals surface area contributed by atoms with Crippen LogP contribution in [0.3, 0.4) is 0 Å². The van der Waals surface area contributed by atoms with Gasteiger partial charge in [0.1, 0.15) is 17.5 Å². The lowest BCUT2D eigenvalue weighted by atomic mass is 10.2. The highest BCUT2D eigenvalue weighted by molar-refractivity contribution is 5.56. The first-order chi connectivity index (χ1) is 8.54. The second-order valence-electron chi connectivity index (χ2n) is 4.23. The maximum absolute atomic E-state index is 13.7. The Morgan fingerprint density at radius 1 is 1.28 bits per heavy atom. The number of halogens is 2. The van der Waals surface area contributed by atoms with Crippen molar-refractivity contribution in [2.24, 2.45) is 5.73 Å². The molecule has 0 aliphatic heterocycles. The zero-order valence-corrected chi connectivity index (χ0v) is 10.2. The monoisotopic (exact) mass is 252 g/mol. The smallest absolute Gasteiger partial charge is 0.167 e. The van der Waals surface area contributed by atoms with E-state index in [1.54, 1.807) is 4.57 Å². The van der Waals surface area contributed by atoms with Crippen LogP contribution in [0.5, 0.6) is 0 Å². The van der Waals surface area contributed by atoms with Crippen LogP contribution in [-0.2, 0) is 6.54 Å². The molecule has 2 N–H and O–H groups in total. The Bertz CT molecular complexity index is 563. The number of hydrogen-bond donors (Lipinski definition) is 1. The third-order valence-corrected chi connectivity index (χ3v) is 2.63. The summed E-state index contributed by atoms with van der Waals surface area (Å²) in [6.07, 6.45) is 0. The maximum Gasteiger partial charge on any atom is 0.167 e. The van der Waals surface area contributed by atoms with E-state index < -0.39 is 11.6 Å². The quantitative estimate of drug-likeness (QED) is 0.911. The molecule has 0 atom stereocenters. The van der Waals surface area contributed by atoms with Crippen molar-refractivity contribution in [2.45, 2.75) is 26.4 Å². The number of benzene rings is 1. The van der Waals surface area contributed by atoms with E-state index in [0.717, 1.165) is 18.2 Å². The summed E-state index contributed by atoms with van der Waals surface area (Å²) in [5, 5.41) is 7.81. The van der Waals surface area contributed by atoms with E-state index in [1.165, 1.54) is 0 Å². The SMILES string of the molecule is CC(C)n1c(CN)nnc1-c1cc(F)ccc1F. The lowest BCUT2D eigenvalue weighted by molar-refractivity contribution is 0.566. The van der Waals surface area contributed by atoms with Gasteiger partial charge >= 0.3 is 0 Å². The van der Waals surface area contributed by atoms with Crippen molar-refractivity contribution in [3.8, 4) is 11.4 Å². The van der Waals surface area contributed by atoms with Gasteiger partial charge in [-0.15, -0.1) is 10.2 Å². The second kappa shape index (κ2) is 4.81. The van der Waals surface area contributed by atoms with Crippen LogP contribution in [0.25, 0.3) is 11.4 Å². The van der Waals surface area contributed by atoms with Crippen LogP contribution in [0.4, 0.5) is 8.78 Å². The molecule has 0 radical (unpaired) electrons. The predicted molar refractivity (Wildman–Crippen MR) is 63.7 cm³/mol. The minimum atomic E-state index is -0.533. The Morgan fingerprint density at radius 3 is 2.61 bits per heavy atom. The van der Waals surface area contributed by atoms with E-state index in [1.807, 2.05) is 13.8 Å². The predicted octanol–water partition coefficient (Wildman–Crippen LogP) is 2.26. The number of nitrogens with zero attached hydrogens (tertiary/aromatic N) is 3. The minimum absolute atomic E-state index is 0.0104. The Labute approximate surface area is 103 Å². The summed E-state index contributed by atoms with van der Waals surface area (Å²) in [6, 6.07) is 3.26.